The highest BCUT2D eigenvalue weighted by Crippen LogP contribution is 1.94. The van der Waals surface area contributed by atoms with E-state index >= 15 is 0 Å². The molecule has 0 saturated heterocycles. The first-order chi connectivity index (χ1) is 5.12. The molecule has 0 saturated carbocycles. The Morgan fingerprint density at radius 1 is 0.692 bits per heavy atom. The van der Waals surface area contributed by atoms with Crippen LogP contribution >= 0.6 is 0 Å². The van der Waals surface area contributed by atoms with Crippen molar-refractivity contribution >= 4 is 39.2 Å². The summed E-state index contributed by atoms with van der Waals surface area (Å²) in [6.45, 7) is 12.9. The van der Waals surface area contributed by atoms with Crippen LogP contribution in [0.15, 0.2) is 0 Å². The van der Waals surface area contributed by atoms with Crippen LogP contribution in [0.5, 0.6) is 0 Å². The van der Waals surface area contributed by atoms with E-state index in [1.807, 2.05) is 0 Å². The van der Waals surface area contributed by atoms with Crippen molar-refractivity contribution in [3.05, 3.63) is 0 Å². The van der Waals surface area contributed by atoms with E-state index in [0.717, 1.165) is 0 Å². The highest BCUT2D eigenvalue weighted by Gasteiger charge is 2.05. The van der Waals surface area contributed by atoms with Gasteiger partial charge in [0.15, 0.2) is 0 Å². The molecule has 0 aliphatic carbocycles. The minimum atomic E-state index is -1.10. The van der Waals surface area contributed by atoms with Crippen LogP contribution in [0, 0.1) is 23.9 Å². The monoisotopic (exact) mass is 220 g/mol. The van der Waals surface area contributed by atoms with Crippen LogP contribution in [-0.4, -0.2) is 39.2 Å². The van der Waals surface area contributed by atoms with Crippen molar-refractivity contribution in [3.63, 3.8) is 0 Å². The van der Waals surface area contributed by atoms with E-state index in [2.05, 4.69) is 50.4 Å². The molecule has 0 rings (SSSR count). The molecule has 2 radical (unpaired) electrons. The van der Waals surface area contributed by atoms with Crippen LogP contribution in [0.1, 0.15) is 0 Å². The first-order valence-electron chi connectivity index (χ1n) is 4.08. The van der Waals surface area contributed by atoms with Crippen LogP contribution in [-0.2, 0) is 0 Å². The summed E-state index contributed by atoms with van der Waals surface area (Å²) in [7, 11) is -2.21. The maximum Gasteiger partial charge on any atom is 0.128 e. The molecule has 0 spiro atoms. The van der Waals surface area contributed by atoms with E-state index in [9.17, 15) is 0 Å². The fourth-order valence-electron chi connectivity index (χ4n) is 0. The van der Waals surface area contributed by atoms with Crippen LogP contribution in [0.4, 0.5) is 0 Å². The fourth-order valence-corrected chi connectivity index (χ4v) is 0. The summed E-state index contributed by atoms with van der Waals surface area (Å²) >= 11 is 0. The van der Waals surface area contributed by atoms with Gasteiger partial charge in [-0.3, -0.25) is 0 Å². The molecule has 0 aliphatic rings. The second-order valence-corrected chi connectivity index (χ2v) is 14.4. The molecular weight excluding hydrogens is 201 g/mol. The second-order valence-electron chi connectivity index (χ2n) is 4.79. The zero-order valence-corrected chi connectivity index (χ0v) is 13.3. The van der Waals surface area contributed by atoms with Gasteiger partial charge in [0.2, 0.25) is 0 Å². The SMILES string of the molecule is C#C[Si](C)(C)C.C#C[Si](C)(C)C.[Mg]. The van der Waals surface area contributed by atoms with Gasteiger partial charge in [0.1, 0.15) is 16.1 Å². The molecule has 0 unspecified atom stereocenters. The Hall–Kier alpha value is 0.320. The Morgan fingerprint density at radius 3 is 0.769 bits per heavy atom. The summed E-state index contributed by atoms with van der Waals surface area (Å²) < 4.78 is 0. The van der Waals surface area contributed by atoms with Crippen molar-refractivity contribution in [3.8, 4) is 23.9 Å². The molecule has 0 amide bonds. The first-order valence-corrected chi connectivity index (χ1v) is 11.1. The van der Waals surface area contributed by atoms with Crippen molar-refractivity contribution in [2.24, 2.45) is 0 Å². The minimum Gasteiger partial charge on any atom is -0.135 e. The molecule has 0 aromatic rings. The normalized spacial score (nSPS) is 9.54. The lowest BCUT2D eigenvalue weighted by atomic mass is 11.4. The predicted octanol–water partition coefficient (Wildman–Crippen LogP) is 2.61. The summed E-state index contributed by atoms with van der Waals surface area (Å²) in [6, 6.07) is 0. The van der Waals surface area contributed by atoms with Crippen molar-refractivity contribution in [1.82, 2.24) is 0 Å². The zero-order valence-electron chi connectivity index (χ0n) is 9.86. The lowest BCUT2D eigenvalue weighted by Gasteiger charge is -2.00. The smallest absolute Gasteiger partial charge is 0.128 e. The first kappa shape index (κ1) is 19.0. The van der Waals surface area contributed by atoms with Crippen molar-refractivity contribution < 1.29 is 0 Å². The summed E-state index contributed by atoms with van der Waals surface area (Å²) in [6.07, 6.45) is 10.2. The van der Waals surface area contributed by atoms with Gasteiger partial charge in [0.25, 0.3) is 0 Å². The van der Waals surface area contributed by atoms with Gasteiger partial charge in [-0.1, -0.05) is 39.3 Å². The average Bonchev–Trinajstić information content (AvgIpc) is 1.86. The van der Waals surface area contributed by atoms with Crippen LogP contribution in [0.25, 0.3) is 0 Å². The lowest BCUT2D eigenvalue weighted by molar-refractivity contribution is 1.82. The van der Waals surface area contributed by atoms with Crippen LogP contribution in [0.3, 0.4) is 0 Å². The van der Waals surface area contributed by atoms with E-state index in [1.165, 1.54) is 0 Å². The predicted molar refractivity (Wildman–Crippen MR) is 70.1 cm³/mol. The van der Waals surface area contributed by atoms with Gasteiger partial charge in [-0.2, -0.15) is 0 Å². The average molecular weight is 221 g/mol. The molecule has 3 heteroatoms. The molecule has 0 heterocycles. The molecule has 0 nitrogen and oxygen atoms in total. The van der Waals surface area contributed by atoms with E-state index in [-0.39, 0.29) is 23.1 Å². The van der Waals surface area contributed by atoms with Gasteiger partial charge in [-0.15, -0.1) is 23.9 Å². The minimum absolute atomic E-state index is 0. The Labute approximate surface area is 102 Å². The number of hydrogen-bond acceptors (Lipinski definition) is 0. The summed E-state index contributed by atoms with van der Waals surface area (Å²) in [5.74, 6) is 0. The molecule has 70 valence electrons. The van der Waals surface area contributed by atoms with Crippen molar-refractivity contribution in [2.75, 3.05) is 0 Å². The second kappa shape index (κ2) is 7.70. The van der Waals surface area contributed by atoms with E-state index in [4.69, 9.17) is 12.8 Å². The summed E-state index contributed by atoms with van der Waals surface area (Å²) in [4.78, 5) is 0. The van der Waals surface area contributed by atoms with Gasteiger partial charge in [0, 0.05) is 23.1 Å². The fraction of sp³-hybridized carbons (Fsp3) is 0.600. The van der Waals surface area contributed by atoms with E-state index in [1.54, 1.807) is 0 Å². The topological polar surface area (TPSA) is 0 Å². The molecule has 0 bridgehead atoms. The van der Waals surface area contributed by atoms with E-state index < -0.39 is 16.1 Å². The Kier molecular flexibility index (Phi) is 11.2. The van der Waals surface area contributed by atoms with Crippen LogP contribution in [0.2, 0.25) is 39.3 Å². The van der Waals surface area contributed by atoms with Gasteiger partial charge < -0.3 is 0 Å². The highest BCUT2D eigenvalue weighted by molar-refractivity contribution is 6.84. The molecule has 0 aliphatic heterocycles. The standard InChI is InChI=1S/2C5H10Si.Mg/c2*1-5-6(2,3)4;/h2*1H,2-4H3;. The molecule has 0 N–H and O–H groups in total. The quantitative estimate of drug-likeness (QED) is 0.435. The number of terminal acetylenes is 2. The molecular formula is C10H20MgSi2. The molecule has 13 heavy (non-hydrogen) atoms. The van der Waals surface area contributed by atoms with Gasteiger partial charge >= 0.3 is 0 Å². The van der Waals surface area contributed by atoms with Crippen molar-refractivity contribution in [2.45, 2.75) is 39.3 Å². The largest absolute Gasteiger partial charge is 0.135 e. The third-order valence-corrected chi connectivity index (χ3v) is 2.60. The summed E-state index contributed by atoms with van der Waals surface area (Å²) in [5, 5.41) is 0. The molecule has 0 atom stereocenters. The van der Waals surface area contributed by atoms with Crippen LogP contribution < -0.4 is 0 Å². The Morgan fingerprint density at radius 2 is 0.769 bits per heavy atom. The van der Waals surface area contributed by atoms with Gasteiger partial charge in [-0.05, 0) is 0 Å². The summed E-state index contributed by atoms with van der Waals surface area (Å²) in [5.41, 5.74) is 5.49. The highest BCUT2D eigenvalue weighted by atomic mass is 28.3. The van der Waals surface area contributed by atoms with Gasteiger partial charge in [-0.25, -0.2) is 0 Å². The molecule has 0 aromatic carbocycles. The maximum atomic E-state index is 5.12. The van der Waals surface area contributed by atoms with E-state index in [0.29, 0.717) is 0 Å². The molecule has 0 fully saturated rings. The number of hydrogen-bond donors (Lipinski definition) is 0. The zero-order chi connectivity index (χ0) is 10.4. The van der Waals surface area contributed by atoms with Crippen molar-refractivity contribution in [1.29, 1.82) is 0 Å². The number of rotatable bonds is 0. The Balaban J connectivity index is -0.000000143. The third kappa shape index (κ3) is 32.9. The maximum absolute atomic E-state index is 5.12. The molecule has 0 aromatic heterocycles. The lowest BCUT2D eigenvalue weighted by Crippen LogP contribution is -2.15. The Bertz CT molecular complexity index is 171. The third-order valence-electron chi connectivity index (χ3n) is 0.866. The van der Waals surface area contributed by atoms with Gasteiger partial charge in [0.05, 0.1) is 0 Å².